The molecule has 3 N–H and O–H groups in total. The molecule has 0 bridgehead atoms. The highest BCUT2D eigenvalue weighted by Crippen LogP contribution is 2.18. The van der Waals surface area contributed by atoms with Gasteiger partial charge in [-0.1, -0.05) is 18.2 Å². The Kier molecular flexibility index (Phi) is 7.22. The van der Waals surface area contributed by atoms with Crippen LogP contribution in [0, 0.1) is 0 Å². The molecule has 3 aromatic heterocycles. The molecule has 0 aliphatic carbocycles. The highest BCUT2D eigenvalue weighted by Gasteiger charge is 2.12. The summed E-state index contributed by atoms with van der Waals surface area (Å²) in [7, 11) is 0. The number of aromatic nitrogens is 3. The standard InChI is InChI=1S/C22H20N6O3S2/c29-19(11-17-14-33-22(26-17)27-21(31)18-6-2-9-32-18)23-12-15-4-1-5-16(10-15)25-20(30)13-28-8-3-7-24-28/h1-10,14H,11-13H2,(H,23,29)(H,25,30)(H,26,27,31). The summed E-state index contributed by atoms with van der Waals surface area (Å²) in [5, 5.41) is 16.5. The van der Waals surface area contributed by atoms with Crippen LogP contribution in [0.1, 0.15) is 20.9 Å². The SMILES string of the molecule is O=C(Cc1csc(NC(=O)c2cccs2)n1)NCc1cccc(NC(=O)Cn2cccn2)c1. The number of thiazole rings is 1. The van der Waals surface area contributed by atoms with Crippen molar-refractivity contribution >= 4 is 51.2 Å². The summed E-state index contributed by atoms with van der Waals surface area (Å²) in [5.41, 5.74) is 2.07. The van der Waals surface area contributed by atoms with Crippen molar-refractivity contribution in [1.29, 1.82) is 0 Å². The number of carbonyl (C=O) groups is 3. The summed E-state index contributed by atoms with van der Waals surface area (Å²) < 4.78 is 1.54. The number of benzene rings is 1. The van der Waals surface area contributed by atoms with Gasteiger partial charge in [0.05, 0.1) is 17.0 Å². The van der Waals surface area contributed by atoms with Crippen molar-refractivity contribution in [3.05, 3.63) is 81.8 Å². The molecule has 3 heterocycles. The number of amides is 3. The minimum absolute atomic E-state index is 0.103. The first-order valence-corrected chi connectivity index (χ1v) is 11.7. The van der Waals surface area contributed by atoms with E-state index in [-0.39, 0.29) is 30.7 Å². The molecule has 168 valence electrons. The van der Waals surface area contributed by atoms with Gasteiger partial charge in [-0.2, -0.15) is 5.10 Å². The molecule has 4 aromatic rings. The molecular formula is C22H20N6O3S2. The molecule has 0 fully saturated rings. The molecular weight excluding hydrogens is 460 g/mol. The van der Waals surface area contributed by atoms with Crippen LogP contribution in [0.3, 0.4) is 0 Å². The zero-order valence-corrected chi connectivity index (χ0v) is 19.0. The summed E-state index contributed by atoms with van der Waals surface area (Å²) in [6.07, 6.45) is 3.43. The number of anilines is 2. The quantitative estimate of drug-likeness (QED) is 0.340. The molecule has 9 nitrogen and oxygen atoms in total. The Morgan fingerprint density at radius 3 is 2.70 bits per heavy atom. The second-order valence-corrected chi connectivity index (χ2v) is 8.79. The lowest BCUT2D eigenvalue weighted by Crippen LogP contribution is -2.25. The maximum Gasteiger partial charge on any atom is 0.267 e. The van der Waals surface area contributed by atoms with Gasteiger partial charge in [-0.25, -0.2) is 4.98 Å². The summed E-state index contributed by atoms with van der Waals surface area (Å²) in [4.78, 5) is 41.5. The number of carbonyl (C=O) groups excluding carboxylic acids is 3. The maximum absolute atomic E-state index is 12.3. The molecule has 33 heavy (non-hydrogen) atoms. The average molecular weight is 481 g/mol. The van der Waals surface area contributed by atoms with E-state index in [2.05, 4.69) is 26.0 Å². The van der Waals surface area contributed by atoms with Crippen molar-refractivity contribution in [2.75, 3.05) is 10.6 Å². The highest BCUT2D eigenvalue weighted by molar-refractivity contribution is 7.14. The molecule has 0 radical (unpaired) electrons. The van der Waals surface area contributed by atoms with Gasteiger partial charge in [0, 0.05) is 30.0 Å². The highest BCUT2D eigenvalue weighted by atomic mass is 32.1. The molecule has 0 unspecified atom stereocenters. The third-order valence-electron chi connectivity index (χ3n) is 4.42. The number of hydrogen-bond donors (Lipinski definition) is 3. The van der Waals surface area contributed by atoms with Crippen LogP contribution in [0.5, 0.6) is 0 Å². The first-order chi connectivity index (χ1) is 16.0. The van der Waals surface area contributed by atoms with Crippen molar-refractivity contribution in [2.24, 2.45) is 0 Å². The molecule has 1 aromatic carbocycles. The van der Waals surface area contributed by atoms with E-state index < -0.39 is 0 Å². The molecule has 11 heteroatoms. The van der Waals surface area contributed by atoms with E-state index in [4.69, 9.17) is 0 Å². The number of nitrogens with one attached hydrogen (secondary N) is 3. The predicted octanol–water partition coefficient (Wildman–Crippen LogP) is 3.15. The van der Waals surface area contributed by atoms with Gasteiger partial charge >= 0.3 is 0 Å². The lowest BCUT2D eigenvalue weighted by atomic mass is 10.2. The summed E-state index contributed by atoms with van der Waals surface area (Å²) >= 11 is 2.63. The van der Waals surface area contributed by atoms with Crippen molar-refractivity contribution in [3.8, 4) is 0 Å². The van der Waals surface area contributed by atoms with Crippen LogP contribution in [-0.4, -0.2) is 32.5 Å². The Hall–Kier alpha value is -3.83. The monoisotopic (exact) mass is 480 g/mol. The number of thiophene rings is 1. The van der Waals surface area contributed by atoms with Crippen molar-refractivity contribution in [3.63, 3.8) is 0 Å². The van der Waals surface area contributed by atoms with E-state index >= 15 is 0 Å². The Morgan fingerprint density at radius 2 is 1.91 bits per heavy atom. The lowest BCUT2D eigenvalue weighted by molar-refractivity contribution is -0.120. The average Bonchev–Trinajstić information content (AvgIpc) is 3.56. The molecule has 0 saturated heterocycles. The normalized spacial score (nSPS) is 10.5. The summed E-state index contributed by atoms with van der Waals surface area (Å²) in [6, 6.07) is 12.6. The van der Waals surface area contributed by atoms with E-state index in [1.54, 1.807) is 36.0 Å². The molecule has 0 spiro atoms. The predicted molar refractivity (Wildman–Crippen MR) is 127 cm³/mol. The van der Waals surface area contributed by atoms with Gasteiger partial charge in [0.2, 0.25) is 11.8 Å². The van der Waals surface area contributed by atoms with Gasteiger partial charge in [0.25, 0.3) is 5.91 Å². The fourth-order valence-electron chi connectivity index (χ4n) is 2.94. The third kappa shape index (κ3) is 6.57. The molecule has 0 aliphatic heterocycles. The zero-order valence-electron chi connectivity index (χ0n) is 17.4. The van der Waals surface area contributed by atoms with Crippen LogP contribution >= 0.6 is 22.7 Å². The molecule has 4 rings (SSSR count). The molecule has 0 saturated carbocycles. The summed E-state index contributed by atoms with van der Waals surface area (Å²) in [6.45, 7) is 0.436. The van der Waals surface area contributed by atoms with Gasteiger partial charge in [0.15, 0.2) is 5.13 Å². The van der Waals surface area contributed by atoms with Crippen LogP contribution in [-0.2, 0) is 29.1 Å². The Bertz CT molecular complexity index is 1230. The van der Waals surface area contributed by atoms with Crippen molar-refractivity contribution < 1.29 is 14.4 Å². The molecule has 3 amide bonds. The van der Waals surface area contributed by atoms with Crippen molar-refractivity contribution in [2.45, 2.75) is 19.5 Å². The molecule has 0 aliphatic rings. The van der Waals surface area contributed by atoms with Gasteiger partial charge in [0.1, 0.15) is 6.54 Å². The largest absolute Gasteiger partial charge is 0.352 e. The second kappa shape index (κ2) is 10.7. The fourth-order valence-corrected chi connectivity index (χ4v) is 4.26. The number of rotatable bonds is 9. The topological polar surface area (TPSA) is 118 Å². The first-order valence-electron chi connectivity index (χ1n) is 9.97. The van der Waals surface area contributed by atoms with Crippen LogP contribution in [0.25, 0.3) is 0 Å². The number of nitrogens with zero attached hydrogens (tertiary/aromatic N) is 3. The second-order valence-electron chi connectivity index (χ2n) is 6.98. The maximum atomic E-state index is 12.3. The number of hydrogen-bond acceptors (Lipinski definition) is 7. The van der Waals surface area contributed by atoms with E-state index in [1.165, 1.54) is 27.4 Å². The van der Waals surface area contributed by atoms with E-state index in [1.807, 2.05) is 29.6 Å². The Labute approximate surface area is 197 Å². The smallest absolute Gasteiger partial charge is 0.267 e. The Balaban J connectivity index is 1.24. The van der Waals surface area contributed by atoms with E-state index in [0.717, 1.165) is 5.56 Å². The van der Waals surface area contributed by atoms with Crippen LogP contribution in [0.2, 0.25) is 0 Å². The molecule has 0 atom stereocenters. The van der Waals surface area contributed by atoms with Crippen LogP contribution in [0.15, 0.2) is 65.6 Å². The van der Waals surface area contributed by atoms with Gasteiger partial charge in [-0.05, 0) is 35.2 Å². The lowest BCUT2D eigenvalue weighted by Gasteiger charge is -2.09. The first kappa shape index (κ1) is 22.4. The van der Waals surface area contributed by atoms with E-state index in [0.29, 0.717) is 27.9 Å². The van der Waals surface area contributed by atoms with Crippen molar-refractivity contribution in [1.82, 2.24) is 20.1 Å². The minimum Gasteiger partial charge on any atom is -0.352 e. The zero-order chi connectivity index (χ0) is 23.0. The summed E-state index contributed by atoms with van der Waals surface area (Å²) in [5.74, 6) is -0.595. The Morgan fingerprint density at radius 1 is 1.00 bits per heavy atom. The minimum atomic E-state index is -0.216. The van der Waals surface area contributed by atoms with Gasteiger partial charge in [-0.15, -0.1) is 22.7 Å². The van der Waals surface area contributed by atoms with Gasteiger partial charge < -0.3 is 10.6 Å². The third-order valence-corrected chi connectivity index (χ3v) is 6.10. The van der Waals surface area contributed by atoms with Gasteiger partial charge in [-0.3, -0.25) is 24.4 Å². The van der Waals surface area contributed by atoms with Crippen LogP contribution < -0.4 is 16.0 Å². The van der Waals surface area contributed by atoms with Crippen LogP contribution in [0.4, 0.5) is 10.8 Å². The van der Waals surface area contributed by atoms with E-state index in [9.17, 15) is 14.4 Å². The fraction of sp³-hybridized carbons (Fsp3) is 0.136.